The van der Waals surface area contributed by atoms with Crippen LogP contribution >= 0.6 is 23.0 Å². The van der Waals surface area contributed by atoms with Crippen LogP contribution in [-0.4, -0.2) is 77.9 Å². The number of carbonyl (C=O) groups excluding carboxylic acids is 1. The highest BCUT2D eigenvalue weighted by molar-refractivity contribution is 14.1. The molecule has 3 fully saturated rings. The normalized spacial score (nSPS) is 26.4. The molecule has 1 aromatic carbocycles. The molecule has 0 bridgehead atoms. The second kappa shape index (κ2) is 13.7. The minimum atomic E-state index is -0.0238. The summed E-state index contributed by atoms with van der Waals surface area (Å²) in [5.41, 5.74) is 3.76. The molecule has 9 nitrogen and oxygen atoms in total. The lowest BCUT2D eigenvalue weighted by atomic mass is 9.97. The average Bonchev–Trinajstić information content (AvgIpc) is 2.97. The zero-order chi connectivity index (χ0) is 27.2. The van der Waals surface area contributed by atoms with E-state index < -0.39 is 0 Å². The number of ether oxygens (including phenoxy) is 2. The summed E-state index contributed by atoms with van der Waals surface area (Å²) in [4.78, 5) is 24.2. The molecule has 2 N–H and O–H groups in total. The molecule has 2 aromatic rings. The van der Waals surface area contributed by atoms with E-state index in [0.717, 1.165) is 50.7 Å². The molecule has 1 aromatic heterocycles. The number of aromatic nitrogens is 2. The van der Waals surface area contributed by atoms with Crippen LogP contribution in [0.4, 0.5) is 5.82 Å². The fraction of sp³-hybridized carbons (Fsp3) is 0.621. The van der Waals surface area contributed by atoms with Crippen molar-refractivity contribution < 1.29 is 17.3 Å². The zero-order valence-corrected chi connectivity index (χ0v) is 25.1. The van der Waals surface area contributed by atoms with Crippen LogP contribution in [-0.2, 0) is 12.5 Å². The maximum atomic E-state index is 13.4. The van der Waals surface area contributed by atoms with Crippen molar-refractivity contribution in [1.82, 2.24) is 20.2 Å². The predicted octanol–water partition coefficient (Wildman–Crippen LogP) is 4.53. The first kappa shape index (κ1) is 28.7. The van der Waals surface area contributed by atoms with Crippen LogP contribution in [0.15, 0.2) is 30.6 Å². The van der Waals surface area contributed by atoms with Gasteiger partial charge in [0.15, 0.2) is 0 Å². The lowest BCUT2D eigenvalue weighted by Crippen LogP contribution is -2.53. The maximum Gasteiger partial charge on any atom is 0.272 e. The van der Waals surface area contributed by atoms with Gasteiger partial charge in [-0.05, 0) is 57.9 Å². The van der Waals surface area contributed by atoms with E-state index in [1.54, 1.807) is 0 Å². The van der Waals surface area contributed by atoms with Gasteiger partial charge in [-0.2, -0.15) is 0 Å². The summed E-state index contributed by atoms with van der Waals surface area (Å²) < 4.78 is 17.5. The fourth-order valence-electron chi connectivity index (χ4n) is 5.82. The quantitative estimate of drug-likeness (QED) is 0.403. The Morgan fingerprint density at radius 3 is 2.67 bits per heavy atom. The van der Waals surface area contributed by atoms with E-state index in [4.69, 9.17) is 12.5 Å². The summed E-state index contributed by atoms with van der Waals surface area (Å²) in [7, 11) is 0. The Hall–Kier alpha value is -1.86. The number of anilines is 1. The third-order valence-electron chi connectivity index (χ3n) is 8.23. The summed E-state index contributed by atoms with van der Waals surface area (Å²) in [5, 5.41) is 7.19. The van der Waals surface area contributed by atoms with E-state index in [1.807, 2.05) is 34.8 Å². The largest absolute Gasteiger partial charge is 0.379 e. The molecule has 39 heavy (non-hydrogen) atoms. The van der Waals surface area contributed by atoms with E-state index in [-0.39, 0.29) is 24.2 Å². The Balaban J connectivity index is 1.13. The number of piperidine rings is 1. The molecular formula is C29H40IN5O4. The Kier molecular flexibility index (Phi) is 10.0. The van der Waals surface area contributed by atoms with Gasteiger partial charge < -0.3 is 28.1 Å². The van der Waals surface area contributed by atoms with Crippen LogP contribution in [0, 0.1) is 13.8 Å². The smallest absolute Gasteiger partial charge is 0.272 e. The fourth-order valence-corrected chi connectivity index (χ4v) is 6.32. The van der Waals surface area contributed by atoms with Crippen LogP contribution in [0.5, 0.6) is 0 Å². The highest BCUT2D eigenvalue weighted by atomic mass is 127. The molecule has 0 saturated carbocycles. The molecular weight excluding hydrogens is 609 g/mol. The number of hydrogen-bond donors (Lipinski definition) is 2. The number of rotatable bonds is 8. The van der Waals surface area contributed by atoms with Gasteiger partial charge in [-0.25, -0.2) is 9.97 Å². The van der Waals surface area contributed by atoms with Crippen molar-refractivity contribution in [3.8, 4) is 0 Å². The standard InChI is InChI=1S/C29H40IN5O4/c1-19-6-8-21(9-7-19)25-5-3-4-23(38-25)16-31-28-20(2)27(32-18-33-28)29(36)35-13-10-22(11-14-35)34-24-12-15-37-17-26(24)39-30/h6-9,18,22-26,34H,3-5,10-17H2,1-2H3,(H,31,32,33)/t23-,24-,25+,26+/m1/s1. The summed E-state index contributed by atoms with van der Waals surface area (Å²) >= 11 is 1.97. The number of halogens is 1. The SMILES string of the molecule is Cc1ccc([C@@H]2CCC[C@H](CNc3ncnc(C(=O)N4CCC(N[C@@H]5CCOC[C@@H]5OI)CC4)c3C)O2)cc1. The van der Waals surface area contributed by atoms with Crippen LogP contribution in [0.2, 0.25) is 0 Å². The van der Waals surface area contributed by atoms with Crippen LogP contribution < -0.4 is 10.6 Å². The first-order valence-electron chi connectivity index (χ1n) is 14.2. The maximum absolute atomic E-state index is 13.4. The highest BCUT2D eigenvalue weighted by Crippen LogP contribution is 2.31. The molecule has 5 rings (SSSR count). The number of amides is 1. The summed E-state index contributed by atoms with van der Waals surface area (Å²) in [5.74, 6) is 0.680. The summed E-state index contributed by atoms with van der Waals surface area (Å²) in [6.07, 6.45) is 7.72. The molecule has 1 amide bonds. The molecule has 0 radical (unpaired) electrons. The average molecular weight is 650 g/mol. The summed E-state index contributed by atoms with van der Waals surface area (Å²) in [6, 6.07) is 9.29. The number of benzene rings is 1. The Bertz CT molecular complexity index is 1100. The van der Waals surface area contributed by atoms with Crippen LogP contribution in [0.25, 0.3) is 0 Å². The minimum Gasteiger partial charge on any atom is -0.379 e. The third-order valence-corrected chi connectivity index (χ3v) is 8.89. The van der Waals surface area contributed by atoms with E-state index in [0.29, 0.717) is 49.8 Å². The highest BCUT2D eigenvalue weighted by Gasteiger charge is 2.32. The van der Waals surface area contributed by atoms with Crippen LogP contribution in [0.3, 0.4) is 0 Å². The molecule has 3 aliphatic heterocycles. The summed E-state index contributed by atoms with van der Waals surface area (Å²) in [6.45, 7) is 7.48. The number of aryl methyl sites for hydroxylation is 1. The van der Waals surface area contributed by atoms with E-state index in [2.05, 4.69) is 51.8 Å². The lowest BCUT2D eigenvalue weighted by Gasteiger charge is -2.37. The molecule has 0 aliphatic carbocycles. The number of carbonyl (C=O) groups is 1. The Labute approximate surface area is 245 Å². The van der Waals surface area contributed by atoms with Crippen molar-refractivity contribution in [2.75, 3.05) is 38.2 Å². The van der Waals surface area contributed by atoms with Gasteiger partial charge in [0.2, 0.25) is 0 Å². The van der Waals surface area contributed by atoms with Gasteiger partial charge in [-0.3, -0.25) is 4.79 Å². The van der Waals surface area contributed by atoms with Gasteiger partial charge in [-0.1, -0.05) is 29.8 Å². The molecule has 3 saturated heterocycles. The van der Waals surface area contributed by atoms with E-state index >= 15 is 0 Å². The van der Waals surface area contributed by atoms with Gasteiger partial charge in [0.25, 0.3) is 5.91 Å². The van der Waals surface area contributed by atoms with Crippen molar-refractivity contribution in [3.05, 3.63) is 53.0 Å². The second-order valence-corrected chi connectivity index (χ2v) is 11.5. The third kappa shape index (κ3) is 7.27. The van der Waals surface area contributed by atoms with Crippen molar-refractivity contribution in [3.63, 3.8) is 0 Å². The van der Waals surface area contributed by atoms with Gasteiger partial charge >= 0.3 is 0 Å². The van der Waals surface area contributed by atoms with Crippen molar-refractivity contribution >= 4 is 34.7 Å². The molecule has 4 atom stereocenters. The monoisotopic (exact) mass is 649 g/mol. The van der Waals surface area contributed by atoms with Crippen molar-refractivity contribution in [1.29, 1.82) is 0 Å². The first-order valence-corrected chi connectivity index (χ1v) is 15.1. The lowest BCUT2D eigenvalue weighted by molar-refractivity contribution is -0.0442. The topological polar surface area (TPSA) is 97.8 Å². The molecule has 4 heterocycles. The first-order chi connectivity index (χ1) is 19.0. The van der Waals surface area contributed by atoms with E-state index in [1.165, 1.54) is 17.5 Å². The van der Waals surface area contributed by atoms with Gasteiger partial charge in [0.1, 0.15) is 46.9 Å². The van der Waals surface area contributed by atoms with Crippen molar-refractivity contribution in [2.45, 2.75) is 82.8 Å². The van der Waals surface area contributed by atoms with Crippen molar-refractivity contribution in [2.24, 2.45) is 0 Å². The number of hydrogen-bond acceptors (Lipinski definition) is 8. The molecule has 0 unspecified atom stereocenters. The van der Waals surface area contributed by atoms with Gasteiger partial charge in [0.05, 0.1) is 18.8 Å². The zero-order valence-electron chi connectivity index (χ0n) is 22.9. The molecule has 3 aliphatic rings. The second-order valence-electron chi connectivity index (χ2n) is 11.0. The number of nitrogens with zero attached hydrogens (tertiary/aromatic N) is 3. The Morgan fingerprint density at radius 1 is 1.10 bits per heavy atom. The van der Waals surface area contributed by atoms with Gasteiger partial charge in [0, 0.05) is 43.9 Å². The van der Waals surface area contributed by atoms with Gasteiger partial charge in [-0.15, -0.1) is 0 Å². The predicted molar refractivity (Wildman–Crippen MR) is 158 cm³/mol. The molecule has 10 heteroatoms. The number of nitrogens with one attached hydrogen (secondary N) is 2. The molecule has 0 spiro atoms. The Morgan fingerprint density at radius 2 is 1.90 bits per heavy atom. The number of likely N-dealkylation sites (tertiary alicyclic amines) is 1. The van der Waals surface area contributed by atoms with Crippen LogP contribution in [0.1, 0.15) is 71.8 Å². The van der Waals surface area contributed by atoms with E-state index in [9.17, 15) is 4.79 Å². The molecule has 212 valence electrons. The minimum absolute atomic E-state index is 0.0238.